The average molecular weight is 479 g/mol. The molecule has 1 atom stereocenters. The number of pyridine rings is 1. The van der Waals surface area contributed by atoms with Crippen molar-refractivity contribution in [3.8, 4) is 11.1 Å². The van der Waals surface area contributed by atoms with Crippen molar-refractivity contribution in [2.24, 2.45) is 5.16 Å². The fraction of sp³-hybridized carbons (Fsp3) is 0.194. The van der Waals surface area contributed by atoms with Gasteiger partial charge >= 0.3 is 5.97 Å². The SMILES string of the molecule is CCOC(=O)c1cccc(-c2ccc(C(CC(=NO)c3ccnc(C)c3)c3ccccc3C)cc2)c1. The highest BCUT2D eigenvalue weighted by Crippen LogP contribution is 2.33. The highest BCUT2D eigenvalue weighted by atomic mass is 16.5. The number of benzene rings is 3. The first kappa shape index (κ1) is 24.9. The third-order valence-electron chi connectivity index (χ3n) is 6.33. The van der Waals surface area contributed by atoms with Crippen LogP contribution < -0.4 is 0 Å². The minimum Gasteiger partial charge on any atom is -0.462 e. The molecule has 36 heavy (non-hydrogen) atoms. The maximum atomic E-state index is 12.2. The maximum absolute atomic E-state index is 12.2. The molecule has 0 saturated carbocycles. The molecule has 0 fully saturated rings. The van der Waals surface area contributed by atoms with Crippen LogP contribution in [0.4, 0.5) is 0 Å². The number of rotatable bonds is 8. The van der Waals surface area contributed by atoms with Gasteiger partial charge in [-0.05, 0) is 72.9 Å². The number of esters is 1. The number of ether oxygens (including phenoxy) is 1. The lowest BCUT2D eigenvalue weighted by atomic mass is 9.83. The highest BCUT2D eigenvalue weighted by molar-refractivity contribution is 6.01. The number of nitrogens with zero attached hydrogens (tertiary/aromatic N) is 2. The Morgan fingerprint density at radius 2 is 1.69 bits per heavy atom. The van der Waals surface area contributed by atoms with Crippen LogP contribution in [0, 0.1) is 13.8 Å². The van der Waals surface area contributed by atoms with E-state index in [0.29, 0.717) is 24.3 Å². The summed E-state index contributed by atoms with van der Waals surface area (Å²) in [5.41, 5.74) is 8.30. The first-order valence-corrected chi connectivity index (χ1v) is 12.1. The third kappa shape index (κ3) is 5.69. The van der Waals surface area contributed by atoms with Crippen LogP contribution in [0.3, 0.4) is 0 Å². The monoisotopic (exact) mass is 478 g/mol. The molecule has 0 radical (unpaired) electrons. The van der Waals surface area contributed by atoms with Crippen LogP contribution >= 0.6 is 0 Å². The van der Waals surface area contributed by atoms with Gasteiger partial charge in [0, 0.05) is 29.8 Å². The van der Waals surface area contributed by atoms with E-state index >= 15 is 0 Å². The van der Waals surface area contributed by atoms with Crippen molar-refractivity contribution >= 4 is 11.7 Å². The van der Waals surface area contributed by atoms with Gasteiger partial charge in [-0.3, -0.25) is 4.98 Å². The highest BCUT2D eigenvalue weighted by Gasteiger charge is 2.21. The molecule has 182 valence electrons. The average Bonchev–Trinajstić information content (AvgIpc) is 2.90. The third-order valence-corrected chi connectivity index (χ3v) is 6.33. The Morgan fingerprint density at radius 3 is 2.39 bits per heavy atom. The number of hydrogen-bond acceptors (Lipinski definition) is 5. The Kier molecular flexibility index (Phi) is 7.91. The Morgan fingerprint density at radius 1 is 0.917 bits per heavy atom. The van der Waals surface area contributed by atoms with E-state index in [4.69, 9.17) is 4.74 Å². The minimum absolute atomic E-state index is 0.00881. The fourth-order valence-electron chi connectivity index (χ4n) is 4.47. The van der Waals surface area contributed by atoms with Crippen LogP contribution in [0.1, 0.15) is 57.6 Å². The van der Waals surface area contributed by atoms with Gasteiger partial charge in [0.2, 0.25) is 0 Å². The molecule has 1 aromatic heterocycles. The van der Waals surface area contributed by atoms with E-state index in [1.165, 1.54) is 11.1 Å². The van der Waals surface area contributed by atoms with Crippen LogP contribution in [-0.2, 0) is 4.74 Å². The van der Waals surface area contributed by atoms with Crippen LogP contribution in [0.2, 0.25) is 0 Å². The second-order valence-corrected chi connectivity index (χ2v) is 8.77. The number of oxime groups is 1. The second-order valence-electron chi connectivity index (χ2n) is 8.77. The van der Waals surface area contributed by atoms with E-state index in [0.717, 1.165) is 27.9 Å². The molecule has 1 N–H and O–H groups in total. The van der Waals surface area contributed by atoms with Crippen LogP contribution in [-0.4, -0.2) is 28.5 Å². The predicted molar refractivity (Wildman–Crippen MR) is 143 cm³/mol. The molecule has 3 aromatic carbocycles. The van der Waals surface area contributed by atoms with Crippen molar-refractivity contribution in [2.75, 3.05) is 6.61 Å². The Balaban J connectivity index is 1.69. The summed E-state index contributed by atoms with van der Waals surface area (Å²) >= 11 is 0. The molecule has 0 aliphatic rings. The molecule has 1 unspecified atom stereocenters. The van der Waals surface area contributed by atoms with Crippen molar-refractivity contribution < 1.29 is 14.7 Å². The van der Waals surface area contributed by atoms with E-state index < -0.39 is 0 Å². The number of aromatic nitrogens is 1. The van der Waals surface area contributed by atoms with Gasteiger partial charge in [0.1, 0.15) is 0 Å². The number of aryl methyl sites for hydroxylation is 2. The zero-order valence-electron chi connectivity index (χ0n) is 20.8. The van der Waals surface area contributed by atoms with Gasteiger partial charge in [0.15, 0.2) is 0 Å². The molecule has 0 amide bonds. The molecule has 0 saturated heterocycles. The minimum atomic E-state index is -0.322. The van der Waals surface area contributed by atoms with Crippen molar-refractivity contribution in [2.45, 2.75) is 33.1 Å². The van der Waals surface area contributed by atoms with Crippen molar-refractivity contribution in [1.82, 2.24) is 4.98 Å². The lowest BCUT2D eigenvalue weighted by molar-refractivity contribution is 0.0526. The molecule has 0 aliphatic heterocycles. The summed E-state index contributed by atoms with van der Waals surface area (Å²) in [5.74, 6) is -0.330. The van der Waals surface area contributed by atoms with Crippen molar-refractivity contribution in [1.29, 1.82) is 0 Å². The molecule has 4 rings (SSSR count). The lowest BCUT2D eigenvalue weighted by Crippen LogP contribution is -2.12. The maximum Gasteiger partial charge on any atom is 0.338 e. The van der Waals surface area contributed by atoms with Gasteiger partial charge in [0.05, 0.1) is 17.9 Å². The van der Waals surface area contributed by atoms with Crippen LogP contribution in [0.5, 0.6) is 0 Å². The molecule has 0 aliphatic carbocycles. The van der Waals surface area contributed by atoms with Gasteiger partial charge in [-0.2, -0.15) is 0 Å². The summed E-state index contributed by atoms with van der Waals surface area (Å²) in [4.78, 5) is 16.4. The van der Waals surface area contributed by atoms with Gasteiger partial charge < -0.3 is 9.94 Å². The zero-order valence-corrected chi connectivity index (χ0v) is 20.8. The summed E-state index contributed by atoms with van der Waals surface area (Å²) in [6.45, 7) is 6.17. The Bertz CT molecular complexity index is 1380. The molecule has 0 spiro atoms. The topological polar surface area (TPSA) is 71.8 Å². The summed E-state index contributed by atoms with van der Waals surface area (Å²) in [5, 5.41) is 13.6. The van der Waals surface area contributed by atoms with Gasteiger partial charge in [-0.15, -0.1) is 0 Å². The number of hydrogen-bond donors (Lipinski definition) is 1. The van der Waals surface area contributed by atoms with Gasteiger partial charge in [-0.1, -0.05) is 65.8 Å². The smallest absolute Gasteiger partial charge is 0.338 e. The number of carbonyl (C=O) groups excluding carboxylic acids is 1. The van der Waals surface area contributed by atoms with E-state index in [-0.39, 0.29) is 11.9 Å². The standard InChI is InChI=1S/C31H30N2O3/c1-4-36-31(34)27-10-7-9-25(19-27)23-12-14-24(15-13-23)29(28-11-6-5-8-21(28)2)20-30(33-35)26-16-17-32-22(3)18-26/h5-19,29,35H,4,20H2,1-3H3. The zero-order chi connectivity index (χ0) is 25.5. The molecular weight excluding hydrogens is 448 g/mol. The first-order valence-electron chi connectivity index (χ1n) is 12.1. The lowest BCUT2D eigenvalue weighted by Gasteiger charge is -2.21. The van der Waals surface area contributed by atoms with Crippen LogP contribution in [0.15, 0.2) is 96.3 Å². The van der Waals surface area contributed by atoms with E-state index in [2.05, 4.69) is 53.5 Å². The second kappa shape index (κ2) is 11.5. The predicted octanol–water partition coefficient (Wildman–Crippen LogP) is 6.94. The van der Waals surface area contributed by atoms with Gasteiger partial charge in [-0.25, -0.2) is 4.79 Å². The van der Waals surface area contributed by atoms with E-state index in [1.54, 1.807) is 19.2 Å². The van der Waals surface area contributed by atoms with E-state index in [9.17, 15) is 10.0 Å². The molecular formula is C31H30N2O3. The quantitative estimate of drug-likeness (QED) is 0.129. The van der Waals surface area contributed by atoms with Gasteiger partial charge in [0.25, 0.3) is 0 Å². The molecule has 4 aromatic rings. The normalized spacial score (nSPS) is 12.2. The summed E-state index contributed by atoms with van der Waals surface area (Å²) in [6.07, 6.45) is 2.26. The fourth-order valence-corrected chi connectivity index (χ4v) is 4.47. The molecule has 5 heteroatoms. The summed E-state index contributed by atoms with van der Waals surface area (Å²) < 4.78 is 5.15. The Labute approximate surface area is 212 Å². The largest absolute Gasteiger partial charge is 0.462 e. The molecule has 5 nitrogen and oxygen atoms in total. The Hall–Kier alpha value is -4.25. The number of carbonyl (C=O) groups is 1. The summed E-state index contributed by atoms with van der Waals surface area (Å²) in [6, 6.07) is 27.9. The van der Waals surface area contributed by atoms with E-state index in [1.807, 2.05) is 49.4 Å². The van der Waals surface area contributed by atoms with Crippen molar-refractivity contribution in [3.63, 3.8) is 0 Å². The molecule has 1 heterocycles. The molecule has 0 bridgehead atoms. The van der Waals surface area contributed by atoms with Crippen molar-refractivity contribution in [3.05, 3.63) is 125 Å². The van der Waals surface area contributed by atoms with Crippen LogP contribution in [0.25, 0.3) is 11.1 Å². The first-order chi connectivity index (χ1) is 17.5. The summed E-state index contributed by atoms with van der Waals surface area (Å²) in [7, 11) is 0.